The van der Waals surface area contributed by atoms with E-state index in [0.717, 1.165) is 6.20 Å². The van der Waals surface area contributed by atoms with Crippen LogP contribution < -0.4 is 10.5 Å². The Balaban J connectivity index is 3.18. The van der Waals surface area contributed by atoms with E-state index >= 15 is 0 Å². The molecule has 0 fully saturated rings. The molecule has 0 atom stereocenters. The first-order chi connectivity index (χ1) is 8.78. The van der Waals surface area contributed by atoms with Crippen LogP contribution >= 0.6 is 0 Å². The number of pyridine rings is 1. The first-order valence-electron chi connectivity index (χ1n) is 5.28. The molecule has 0 saturated heterocycles. The number of nitrogens with zero attached hydrogens (tertiary/aromatic N) is 1. The third-order valence-corrected chi connectivity index (χ3v) is 2.48. The second-order valence-electron chi connectivity index (χ2n) is 3.68. The van der Waals surface area contributed by atoms with Crippen LogP contribution in [-0.4, -0.2) is 24.4 Å². The summed E-state index contributed by atoms with van der Waals surface area (Å²) < 4.78 is 44.9. The molecule has 0 bridgehead atoms. The lowest BCUT2D eigenvalue weighted by Crippen LogP contribution is -2.20. The minimum Gasteiger partial charge on any atom is -0.469 e. The Hall–Kier alpha value is -1.83. The molecule has 1 rings (SSSR count). The number of carbonyl (C=O) groups is 1. The van der Waals surface area contributed by atoms with Gasteiger partial charge in [0.15, 0.2) is 5.75 Å². The summed E-state index contributed by atoms with van der Waals surface area (Å²) in [7, 11) is 1.18. The Morgan fingerprint density at radius 3 is 2.58 bits per heavy atom. The summed E-state index contributed by atoms with van der Waals surface area (Å²) in [6, 6.07) is 0. The molecule has 0 aliphatic rings. The van der Waals surface area contributed by atoms with Crippen molar-refractivity contribution in [3.63, 3.8) is 0 Å². The molecule has 0 aromatic carbocycles. The fraction of sp³-hybridized carbons (Fsp3) is 0.455. The van der Waals surface area contributed by atoms with E-state index in [9.17, 15) is 18.0 Å². The second-order valence-corrected chi connectivity index (χ2v) is 3.68. The maximum atomic E-state index is 12.2. The highest BCUT2D eigenvalue weighted by atomic mass is 19.4. The minimum absolute atomic E-state index is 0.000530. The van der Waals surface area contributed by atoms with E-state index in [-0.39, 0.29) is 24.1 Å². The van der Waals surface area contributed by atoms with Gasteiger partial charge < -0.3 is 15.2 Å². The predicted molar refractivity (Wildman–Crippen MR) is 59.3 cm³/mol. The highest BCUT2D eigenvalue weighted by molar-refractivity contribution is 5.73. The predicted octanol–water partition coefficient (Wildman–Crippen LogP) is 1.46. The van der Waals surface area contributed by atoms with Crippen molar-refractivity contribution in [2.45, 2.75) is 26.3 Å². The number of esters is 1. The molecular weight excluding hydrogens is 265 g/mol. The molecule has 106 valence electrons. The Labute approximate surface area is 107 Å². The van der Waals surface area contributed by atoms with E-state index in [1.165, 1.54) is 14.0 Å². The number of aromatic nitrogens is 1. The number of methoxy groups -OCH3 is 1. The lowest BCUT2D eigenvalue weighted by molar-refractivity contribution is -0.275. The lowest BCUT2D eigenvalue weighted by atomic mass is 10.0. The second kappa shape index (κ2) is 5.87. The molecular formula is C11H13F3N2O3. The van der Waals surface area contributed by atoms with Gasteiger partial charge in [-0.2, -0.15) is 0 Å². The third-order valence-electron chi connectivity index (χ3n) is 2.48. The molecule has 0 unspecified atom stereocenters. The molecule has 2 N–H and O–H groups in total. The molecule has 1 aromatic rings. The van der Waals surface area contributed by atoms with Crippen molar-refractivity contribution in [1.82, 2.24) is 4.98 Å². The number of halogens is 3. The van der Waals surface area contributed by atoms with Crippen LogP contribution in [-0.2, 0) is 22.5 Å². The Bertz CT molecular complexity index is 475. The van der Waals surface area contributed by atoms with E-state index < -0.39 is 18.1 Å². The molecule has 5 nitrogen and oxygen atoms in total. The summed E-state index contributed by atoms with van der Waals surface area (Å²) in [5, 5.41) is 0. The minimum atomic E-state index is -4.82. The normalized spacial score (nSPS) is 11.3. The molecule has 0 amide bonds. The Morgan fingerprint density at radius 2 is 2.11 bits per heavy atom. The van der Waals surface area contributed by atoms with Crippen LogP contribution in [0.3, 0.4) is 0 Å². The molecule has 0 aliphatic carbocycles. The zero-order valence-electron chi connectivity index (χ0n) is 10.4. The summed E-state index contributed by atoms with van der Waals surface area (Å²) in [6.07, 6.45) is -4.10. The van der Waals surface area contributed by atoms with Crippen molar-refractivity contribution in [1.29, 1.82) is 0 Å². The van der Waals surface area contributed by atoms with Crippen LogP contribution in [0.15, 0.2) is 6.20 Å². The van der Waals surface area contributed by atoms with Gasteiger partial charge in [0.25, 0.3) is 0 Å². The fourth-order valence-corrected chi connectivity index (χ4v) is 1.53. The summed E-state index contributed by atoms with van der Waals surface area (Å²) >= 11 is 0. The molecule has 0 spiro atoms. The van der Waals surface area contributed by atoms with Crippen LogP contribution in [0.5, 0.6) is 5.75 Å². The molecule has 0 aliphatic heterocycles. The first kappa shape index (κ1) is 15.2. The fourth-order valence-electron chi connectivity index (χ4n) is 1.53. The van der Waals surface area contributed by atoms with E-state index in [1.807, 2.05) is 0 Å². The summed E-state index contributed by atoms with van der Waals surface area (Å²) in [5.41, 5.74) is 6.22. The molecule has 1 heterocycles. The summed E-state index contributed by atoms with van der Waals surface area (Å²) in [6.45, 7) is 1.40. The average molecular weight is 278 g/mol. The largest absolute Gasteiger partial charge is 0.573 e. The molecule has 19 heavy (non-hydrogen) atoms. The van der Waals surface area contributed by atoms with Crippen LogP contribution in [0.2, 0.25) is 0 Å². The van der Waals surface area contributed by atoms with Gasteiger partial charge in [0, 0.05) is 6.54 Å². The number of nitrogens with two attached hydrogens (primary N) is 1. The van der Waals surface area contributed by atoms with Gasteiger partial charge in [0.1, 0.15) is 0 Å². The zero-order valence-corrected chi connectivity index (χ0v) is 10.4. The van der Waals surface area contributed by atoms with Crippen molar-refractivity contribution < 1.29 is 27.4 Å². The number of rotatable bonds is 4. The van der Waals surface area contributed by atoms with Gasteiger partial charge in [0.2, 0.25) is 0 Å². The zero-order chi connectivity index (χ0) is 14.6. The van der Waals surface area contributed by atoms with Crippen molar-refractivity contribution in [3.8, 4) is 5.75 Å². The van der Waals surface area contributed by atoms with Crippen LogP contribution in [0.25, 0.3) is 0 Å². The standard InChI is InChI=1S/C11H13F3N2O3/c1-6-7(3-10(17)18-2)8(4-15)16-5-9(6)19-11(12,13)14/h5H,3-4,15H2,1-2H3. The number of alkyl halides is 3. The van der Waals surface area contributed by atoms with E-state index in [4.69, 9.17) is 5.73 Å². The molecule has 0 radical (unpaired) electrons. The van der Waals surface area contributed by atoms with Gasteiger partial charge in [-0.05, 0) is 18.1 Å². The quantitative estimate of drug-likeness (QED) is 0.844. The van der Waals surface area contributed by atoms with Crippen molar-refractivity contribution in [2.75, 3.05) is 7.11 Å². The molecule has 1 aromatic heterocycles. The van der Waals surface area contributed by atoms with E-state index in [2.05, 4.69) is 14.5 Å². The van der Waals surface area contributed by atoms with Gasteiger partial charge in [-0.25, -0.2) is 0 Å². The monoisotopic (exact) mass is 278 g/mol. The molecule has 8 heteroatoms. The first-order valence-corrected chi connectivity index (χ1v) is 5.28. The Morgan fingerprint density at radius 1 is 1.47 bits per heavy atom. The highest BCUT2D eigenvalue weighted by Gasteiger charge is 2.32. The summed E-state index contributed by atoms with van der Waals surface area (Å²) in [5.74, 6) is -1.05. The van der Waals surface area contributed by atoms with E-state index in [1.54, 1.807) is 0 Å². The smallest absolute Gasteiger partial charge is 0.469 e. The number of hydrogen-bond acceptors (Lipinski definition) is 5. The Kier molecular flexibility index (Phi) is 4.71. The number of hydrogen-bond donors (Lipinski definition) is 1. The van der Waals surface area contributed by atoms with Crippen molar-refractivity contribution in [2.24, 2.45) is 5.73 Å². The lowest BCUT2D eigenvalue weighted by Gasteiger charge is -2.15. The maximum Gasteiger partial charge on any atom is 0.573 e. The van der Waals surface area contributed by atoms with Crippen LogP contribution in [0.4, 0.5) is 13.2 Å². The van der Waals surface area contributed by atoms with Gasteiger partial charge in [-0.3, -0.25) is 9.78 Å². The van der Waals surface area contributed by atoms with Crippen LogP contribution in [0.1, 0.15) is 16.8 Å². The SMILES string of the molecule is COC(=O)Cc1c(CN)ncc(OC(F)(F)F)c1C. The maximum absolute atomic E-state index is 12.2. The van der Waals surface area contributed by atoms with E-state index in [0.29, 0.717) is 5.69 Å². The third kappa shape index (κ3) is 4.09. The molecule has 0 saturated carbocycles. The van der Waals surface area contributed by atoms with Gasteiger partial charge in [0.05, 0.1) is 25.4 Å². The van der Waals surface area contributed by atoms with Gasteiger partial charge in [-0.1, -0.05) is 0 Å². The average Bonchev–Trinajstić information content (AvgIpc) is 2.32. The highest BCUT2D eigenvalue weighted by Crippen LogP contribution is 2.28. The summed E-state index contributed by atoms with van der Waals surface area (Å²) in [4.78, 5) is 15.0. The van der Waals surface area contributed by atoms with Gasteiger partial charge in [-0.15, -0.1) is 13.2 Å². The van der Waals surface area contributed by atoms with Gasteiger partial charge >= 0.3 is 12.3 Å². The number of carbonyl (C=O) groups excluding carboxylic acids is 1. The van der Waals surface area contributed by atoms with Crippen LogP contribution in [0, 0.1) is 6.92 Å². The number of ether oxygens (including phenoxy) is 2. The van der Waals surface area contributed by atoms with Crippen molar-refractivity contribution >= 4 is 5.97 Å². The topological polar surface area (TPSA) is 74.4 Å². The van der Waals surface area contributed by atoms with Crippen molar-refractivity contribution in [3.05, 3.63) is 23.0 Å².